The van der Waals surface area contributed by atoms with Gasteiger partial charge in [-0.05, 0) is 25.6 Å². The van der Waals surface area contributed by atoms with Gasteiger partial charge in [-0.1, -0.05) is 25.0 Å². The van der Waals surface area contributed by atoms with E-state index in [2.05, 4.69) is 37.1 Å². The van der Waals surface area contributed by atoms with Crippen molar-refractivity contribution < 1.29 is 13.0 Å². The standard InChI is InChI=1S/C10H17N.CH4O3S/c1-3-4-7-11-8-5-6-10(2)9-11;1-5(2,3)4/h5-6,8H,3-4,7,9H2,1-2H3;1H3,(H,2,3,4). The molecule has 94 valence electrons. The van der Waals surface area contributed by atoms with Crippen LogP contribution in [0.1, 0.15) is 26.7 Å². The highest BCUT2D eigenvalue weighted by atomic mass is 32.2. The van der Waals surface area contributed by atoms with Crippen molar-refractivity contribution in [3.05, 3.63) is 23.9 Å². The van der Waals surface area contributed by atoms with Crippen LogP contribution in [0.25, 0.3) is 0 Å². The van der Waals surface area contributed by atoms with Crippen LogP contribution in [0.15, 0.2) is 23.9 Å². The van der Waals surface area contributed by atoms with Crippen LogP contribution < -0.4 is 0 Å². The van der Waals surface area contributed by atoms with Gasteiger partial charge in [-0.15, -0.1) is 0 Å². The molecule has 5 heteroatoms. The van der Waals surface area contributed by atoms with Gasteiger partial charge in [0.15, 0.2) is 0 Å². The van der Waals surface area contributed by atoms with E-state index in [1.165, 1.54) is 25.0 Å². The average Bonchev–Trinajstić information content (AvgIpc) is 2.12. The van der Waals surface area contributed by atoms with Crippen LogP contribution in [0.4, 0.5) is 0 Å². The Labute approximate surface area is 98.4 Å². The Morgan fingerprint density at radius 2 is 2.06 bits per heavy atom. The van der Waals surface area contributed by atoms with Gasteiger partial charge in [0.2, 0.25) is 0 Å². The van der Waals surface area contributed by atoms with Gasteiger partial charge in [0.05, 0.1) is 6.26 Å². The van der Waals surface area contributed by atoms with Crippen molar-refractivity contribution in [3.63, 3.8) is 0 Å². The molecule has 0 aromatic heterocycles. The SMILES string of the molecule is CCCCN1C=CC=C(C)C1.CS(=O)(=O)O. The molecule has 1 aliphatic heterocycles. The summed E-state index contributed by atoms with van der Waals surface area (Å²) in [5.41, 5.74) is 1.46. The highest BCUT2D eigenvalue weighted by Crippen LogP contribution is 2.06. The molecule has 0 unspecified atom stereocenters. The topological polar surface area (TPSA) is 57.6 Å². The molecule has 1 rings (SSSR count). The van der Waals surface area contributed by atoms with Gasteiger partial charge in [0, 0.05) is 13.1 Å². The fraction of sp³-hybridized carbons (Fsp3) is 0.636. The first kappa shape index (κ1) is 15.2. The third-order valence-corrected chi connectivity index (χ3v) is 1.93. The fourth-order valence-corrected chi connectivity index (χ4v) is 1.27. The van der Waals surface area contributed by atoms with Crippen LogP contribution in [-0.2, 0) is 10.1 Å². The molecule has 4 nitrogen and oxygen atoms in total. The summed E-state index contributed by atoms with van der Waals surface area (Å²) in [5.74, 6) is 0. The number of unbranched alkanes of at least 4 members (excludes halogenated alkanes) is 1. The second-order valence-corrected chi connectivity index (χ2v) is 5.38. The Bertz CT molecular complexity index is 336. The zero-order valence-corrected chi connectivity index (χ0v) is 11.0. The summed E-state index contributed by atoms with van der Waals surface area (Å²) in [6.07, 6.45) is 9.80. The van der Waals surface area contributed by atoms with Gasteiger partial charge in [0.25, 0.3) is 10.1 Å². The van der Waals surface area contributed by atoms with Crippen molar-refractivity contribution in [2.45, 2.75) is 26.7 Å². The summed E-state index contributed by atoms with van der Waals surface area (Å²) in [5, 5.41) is 0. The molecule has 1 aliphatic rings. The molecule has 0 bridgehead atoms. The van der Waals surface area contributed by atoms with Crippen molar-refractivity contribution >= 4 is 10.1 Å². The molecule has 0 amide bonds. The van der Waals surface area contributed by atoms with E-state index >= 15 is 0 Å². The number of nitrogens with zero attached hydrogens (tertiary/aromatic N) is 1. The summed E-state index contributed by atoms with van der Waals surface area (Å²) in [4.78, 5) is 2.37. The molecule has 0 saturated heterocycles. The molecule has 16 heavy (non-hydrogen) atoms. The predicted molar refractivity (Wildman–Crippen MR) is 66.9 cm³/mol. The van der Waals surface area contributed by atoms with Crippen LogP contribution in [0.2, 0.25) is 0 Å². The molecule has 0 fully saturated rings. The van der Waals surface area contributed by atoms with E-state index in [1.807, 2.05) is 0 Å². The van der Waals surface area contributed by atoms with Crippen LogP contribution >= 0.6 is 0 Å². The second kappa shape index (κ2) is 7.46. The summed E-state index contributed by atoms with van der Waals surface area (Å²) in [6, 6.07) is 0. The first-order valence-corrected chi connectivity index (χ1v) is 7.18. The third-order valence-electron chi connectivity index (χ3n) is 1.93. The van der Waals surface area contributed by atoms with Crippen LogP contribution in [0, 0.1) is 0 Å². The number of hydrogen-bond acceptors (Lipinski definition) is 3. The molecule has 0 aromatic rings. The van der Waals surface area contributed by atoms with Crippen molar-refractivity contribution in [1.29, 1.82) is 0 Å². The lowest BCUT2D eigenvalue weighted by molar-refractivity contribution is 0.392. The van der Waals surface area contributed by atoms with Crippen molar-refractivity contribution in [3.8, 4) is 0 Å². The highest BCUT2D eigenvalue weighted by molar-refractivity contribution is 7.85. The van der Waals surface area contributed by atoms with Gasteiger partial charge in [-0.25, -0.2) is 0 Å². The summed E-state index contributed by atoms with van der Waals surface area (Å²) >= 11 is 0. The van der Waals surface area contributed by atoms with Gasteiger partial charge in [-0.3, -0.25) is 4.55 Å². The normalized spacial score (nSPS) is 15.2. The molecule has 0 atom stereocenters. The maximum Gasteiger partial charge on any atom is 0.261 e. The third kappa shape index (κ3) is 11.3. The average molecular weight is 247 g/mol. The Morgan fingerprint density at radius 3 is 2.50 bits per heavy atom. The zero-order chi connectivity index (χ0) is 12.6. The van der Waals surface area contributed by atoms with Gasteiger partial charge < -0.3 is 4.90 Å². The summed E-state index contributed by atoms with van der Waals surface area (Å²) < 4.78 is 25.9. The van der Waals surface area contributed by atoms with Gasteiger partial charge in [0.1, 0.15) is 0 Å². The van der Waals surface area contributed by atoms with E-state index in [-0.39, 0.29) is 0 Å². The number of allylic oxidation sites excluding steroid dienone is 2. The molecule has 0 spiro atoms. The van der Waals surface area contributed by atoms with E-state index in [4.69, 9.17) is 4.55 Å². The summed E-state index contributed by atoms with van der Waals surface area (Å²) in [7, 11) is -3.67. The first-order chi connectivity index (χ1) is 7.33. The monoisotopic (exact) mass is 247 g/mol. The Morgan fingerprint density at radius 1 is 1.50 bits per heavy atom. The maximum absolute atomic E-state index is 9.19. The molecular formula is C11H21NO3S. The van der Waals surface area contributed by atoms with E-state index in [9.17, 15) is 8.42 Å². The molecule has 0 aromatic carbocycles. The lowest BCUT2D eigenvalue weighted by Crippen LogP contribution is -2.22. The predicted octanol–water partition coefficient (Wildman–Crippen LogP) is 2.07. The van der Waals surface area contributed by atoms with E-state index < -0.39 is 10.1 Å². The second-order valence-electron chi connectivity index (χ2n) is 3.91. The molecule has 0 radical (unpaired) electrons. The molecule has 1 N–H and O–H groups in total. The summed E-state index contributed by atoms with van der Waals surface area (Å²) in [6.45, 7) is 6.74. The van der Waals surface area contributed by atoms with Crippen molar-refractivity contribution in [2.24, 2.45) is 0 Å². The minimum atomic E-state index is -3.67. The maximum atomic E-state index is 9.19. The minimum absolute atomic E-state index is 0.715. The van der Waals surface area contributed by atoms with Crippen molar-refractivity contribution in [2.75, 3.05) is 19.3 Å². The Hall–Kier alpha value is -0.810. The lowest BCUT2D eigenvalue weighted by atomic mass is 10.2. The largest absolute Gasteiger partial charge is 0.373 e. The van der Waals surface area contributed by atoms with Crippen molar-refractivity contribution in [1.82, 2.24) is 4.90 Å². The van der Waals surface area contributed by atoms with Gasteiger partial charge >= 0.3 is 0 Å². The fourth-order valence-electron chi connectivity index (χ4n) is 1.27. The number of rotatable bonds is 3. The number of hydrogen-bond donors (Lipinski definition) is 1. The minimum Gasteiger partial charge on any atom is -0.373 e. The lowest BCUT2D eigenvalue weighted by Gasteiger charge is -2.22. The zero-order valence-electron chi connectivity index (χ0n) is 10.2. The smallest absolute Gasteiger partial charge is 0.261 e. The first-order valence-electron chi connectivity index (χ1n) is 5.33. The highest BCUT2D eigenvalue weighted by Gasteiger charge is 2.01. The molecule has 0 aliphatic carbocycles. The van der Waals surface area contributed by atoms with Crippen LogP contribution in [0.3, 0.4) is 0 Å². The van der Waals surface area contributed by atoms with Crippen LogP contribution in [-0.4, -0.2) is 37.2 Å². The molecule has 1 heterocycles. The van der Waals surface area contributed by atoms with Gasteiger partial charge in [-0.2, -0.15) is 8.42 Å². The quantitative estimate of drug-likeness (QED) is 0.776. The van der Waals surface area contributed by atoms with E-state index in [1.54, 1.807) is 0 Å². The van der Waals surface area contributed by atoms with E-state index in [0.29, 0.717) is 6.26 Å². The Balaban J connectivity index is 0.000000385. The molecular weight excluding hydrogens is 226 g/mol. The van der Waals surface area contributed by atoms with Crippen LogP contribution in [0.5, 0.6) is 0 Å². The molecule has 0 saturated carbocycles. The van der Waals surface area contributed by atoms with E-state index in [0.717, 1.165) is 6.54 Å². The Kier molecular flexibility index (Phi) is 7.08.